The summed E-state index contributed by atoms with van der Waals surface area (Å²) in [7, 11) is 4.13. The molecule has 3 aliphatic heterocycles. The predicted octanol–water partition coefficient (Wildman–Crippen LogP) is -0.0841. The Morgan fingerprint density at radius 1 is 1.21 bits per heavy atom. The third-order valence-electron chi connectivity index (χ3n) is 5.23. The molecule has 0 saturated carbocycles. The molecular weight excluding hydrogens is 242 g/mol. The number of nitrogens with one attached hydrogen (secondary N) is 1. The second-order valence-corrected chi connectivity index (χ2v) is 6.16. The molecule has 2 bridgehead atoms. The van der Waals surface area contributed by atoms with Gasteiger partial charge in [0, 0.05) is 31.2 Å². The van der Waals surface area contributed by atoms with Gasteiger partial charge in [-0.15, -0.1) is 0 Å². The van der Waals surface area contributed by atoms with Crippen LogP contribution in [0.2, 0.25) is 0 Å². The van der Waals surface area contributed by atoms with Gasteiger partial charge in [0.05, 0.1) is 19.1 Å². The third kappa shape index (κ3) is 2.39. The van der Waals surface area contributed by atoms with Crippen LogP contribution < -0.4 is 5.32 Å². The summed E-state index contributed by atoms with van der Waals surface area (Å²) in [4.78, 5) is 17.3. The summed E-state index contributed by atoms with van der Waals surface area (Å²) >= 11 is 0. The van der Waals surface area contributed by atoms with E-state index in [1.165, 1.54) is 12.8 Å². The van der Waals surface area contributed by atoms with E-state index < -0.39 is 0 Å². The first-order valence-corrected chi connectivity index (χ1v) is 7.46. The van der Waals surface area contributed by atoms with Gasteiger partial charge in [0.2, 0.25) is 5.91 Å². The lowest BCUT2D eigenvalue weighted by Gasteiger charge is -2.29. The number of likely N-dealkylation sites (N-methyl/N-ethyl adjacent to an activating group) is 2. The predicted molar refractivity (Wildman–Crippen MR) is 72.9 cm³/mol. The van der Waals surface area contributed by atoms with Gasteiger partial charge in [0.25, 0.3) is 0 Å². The van der Waals surface area contributed by atoms with Crippen molar-refractivity contribution >= 4 is 5.91 Å². The highest BCUT2D eigenvalue weighted by Crippen LogP contribution is 2.29. The molecule has 0 aromatic rings. The molecule has 0 aliphatic carbocycles. The van der Waals surface area contributed by atoms with Crippen LogP contribution in [-0.2, 0) is 9.53 Å². The van der Waals surface area contributed by atoms with Crippen LogP contribution in [0.3, 0.4) is 0 Å². The largest absolute Gasteiger partial charge is 0.379 e. The van der Waals surface area contributed by atoms with Crippen LogP contribution in [0.15, 0.2) is 0 Å². The average molecular weight is 267 g/mol. The molecule has 19 heavy (non-hydrogen) atoms. The smallest absolute Gasteiger partial charge is 0.229 e. The van der Waals surface area contributed by atoms with Gasteiger partial charge in [-0.2, -0.15) is 0 Å². The third-order valence-corrected chi connectivity index (χ3v) is 5.23. The highest BCUT2D eigenvalue weighted by atomic mass is 16.5. The van der Waals surface area contributed by atoms with Gasteiger partial charge in [-0.1, -0.05) is 0 Å². The van der Waals surface area contributed by atoms with E-state index in [1.54, 1.807) is 0 Å². The molecule has 1 amide bonds. The molecule has 3 heterocycles. The Hall–Kier alpha value is -0.650. The van der Waals surface area contributed by atoms with Crippen molar-refractivity contribution < 1.29 is 9.53 Å². The number of amides is 1. The number of carbonyl (C=O) groups is 1. The first-order valence-electron chi connectivity index (χ1n) is 7.46. The van der Waals surface area contributed by atoms with Crippen molar-refractivity contribution in [3.8, 4) is 0 Å². The Kier molecular flexibility index (Phi) is 3.78. The second-order valence-electron chi connectivity index (χ2n) is 6.16. The van der Waals surface area contributed by atoms with Gasteiger partial charge in [0.1, 0.15) is 0 Å². The first-order chi connectivity index (χ1) is 9.20. The molecule has 0 spiro atoms. The summed E-state index contributed by atoms with van der Waals surface area (Å²) in [6.07, 6.45) is 3.66. The SMILES string of the molecule is CNC1COCC1C(=O)N1CCC2CCC(C1)N2C. The molecule has 3 fully saturated rings. The molecular formula is C14H25N3O2. The number of hydrogen-bond acceptors (Lipinski definition) is 4. The molecule has 3 rings (SSSR count). The van der Waals surface area contributed by atoms with Gasteiger partial charge >= 0.3 is 0 Å². The first kappa shape index (κ1) is 13.3. The van der Waals surface area contributed by atoms with Crippen LogP contribution in [0.1, 0.15) is 19.3 Å². The Morgan fingerprint density at radius 2 is 2.00 bits per heavy atom. The normalized spacial score (nSPS) is 39.6. The molecule has 0 aromatic carbocycles. The van der Waals surface area contributed by atoms with E-state index in [1.807, 2.05) is 7.05 Å². The monoisotopic (exact) mass is 267 g/mol. The van der Waals surface area contributed by atoms with E-state index in [4.69, 9.17) is 4.74 Å². The molecule has 3 saturated heterocycles. The number of nitrogens with zero attached hydrogens (tertiary/aromatic N) is 2. The Labute approximate surface area is 115 Å². The van der Waals surface area contributed by atoms with Crippen LogP contribution in [0.4, 0.5) is 0 Å². The van der Waals surface area contributed by atoms with E-state index in [0.717, 1.165) is 19.5 Å². The maximum absolute atomic E-state index is 12.7. The minimum Gasteiger partial charge on any atom is -0.379 e. The Balaban J connectivity index is 1.67. The summed E-state index contributed by atoms with van der Waals surface area (Å²) in [6, 6.07) is 1.43. The van der Waals surface area contributed by atoms with Crippen molar-refractivity contribution in [1.82, 2.24) is 15.1 Å². The summed E-state index contributed by atoms with van der Waals surface area (Å²) < 4.78 is 5.47. The second kappa shape index (κ2) is 5.38. The zero-order chi connectivity index (χ0) is 13.4. The van der Waals surface area contributed by atoms with Crippen LogP contribution in [0.5, 0.6) is 0 Å². The number of fused-ring (bicyclic) bond motifs is 2. The quantitative estimate of drug-likeness (QED) is 0.760. The van der Waals surface area contributed by atoms with Crippen LogP contribution >= 0.6 is 0 Å². The zero-order valence-electron chi connectivity index (χ0n) is 12.0. The summed E-state index contributed by atoms with van der Waals surface area (Å²) in [6.45, 7) is 3.05. The standard InChI is InChI=1S/C14H25N3O2/c1-15-13-9-19-8-12(13)14(18)17-6-5-10-3-4-11(7-17)16(10)2/h10-13,15H,3-9H2,1-2H3. The Bertz CT molecular complexity index is 350. The van der Waals surface area contributed by atoms with Crippen molar-refractivity contribution in [3.05, 3.63) is 0 Å². The molecule has 3 aliphatic rings. The van der Waals surface area contributed by atoms with Crippen molar-refractivity contribution in [1.29, 1.82) is 0 Å². The molecule has 0 aromatic heterocycles. The number of rotatable bonds is 2. The highest BCUT2D eigenvalue weighted by Gasteiger charge is 2.40. The van der Waals surface area contributed by atoms with Crippen molar-refractivity contribution in [3.63, 3.8) is 0 Å². The zero-order valence-corrected chi connectivity index (χ0v) is 12.0. The van der Waals surface area contributed by atoms with Crippen LogP contribution in [0, 0.1) is 5.92 Å². The van der Waals surface area contributed by atoms with E-state index in [-0.39, 0.29) is 17.9 Å². The van der Waals surface area contributed by atoms with E-state index in [0.29, 0.717) is 25.3 Å². The molecule has 4 unspecified atom stereocenters. The number of likely N-dealkylation sites (tertiary alicyclic amines) is 1. The lowest BCUT2D eigenvalue weighted by Crippen LogP contribution is -2.47. The van der Waals surface area contributed by atoms with Crippen molar-refractivity contribution in [2.75, 3.05) is 40.4 Å². The van der Waals surface area contributed by atoms with Gasteiger partial charge in [0.15, 0.2) is 0 Å². The van der Waals surface area contributed by atoms with Gasteiger partial charge in [-0.25, -0.2) is 0 Å². The lowest BCUT2D eigenvalue weighted by molar-refractivity contribution is -0.136. The lowest BCUT2D eigenvalue weighted by atomic mass is 10.0. The van der Waals surface area contributed by atoms with E-state index >= 15 is 0 Å². The fourth-order valence-electron chi connectivity index (χ4n) is 3.83. The van der Waals surface area contributed by atoms with Crippen molar-refractivity contribution in [2.24, 2.45) is 5.92 Å². The molecule has 0 radical (unpaired) electrons. The molecule has 4 atom stereocenters. The molecule has 1 N–H and O–H groups in total. The molecule has 108 valence electrons. The van der Waals surface area contributed by atoms with Gasteiger partial charge in [-0.3, -0.25) is 9.69 Å². The van der Waals surface area contributed by atoms with Gasteiger partial charge in [-0.05, 0) is 33.4 Å². The number of carbonyl (C=O) groups excluding carboxylic acids is 1. The summed E-state index contributed by atoms with van der Waals surface area (Å²) in [5, 5.41) is 3.21. The molecule has 5 heteroatoms. The highest BCUT2D eigenvalue weighted by molar-refractivity contribution is 5.80. The fourth-order valence-corrected chi connectivity index (χ4v) is 3.83. The van der Waals surface area contributed by atoms with Crippen LogP contribution in [-0.4, -0.2) is 74.2 Å². The van der Waals surface area contributed by atoms with Gasteiger partial charge < -0.3 is 15.0 Å². The van der Waals surface area contributed by atoms with E-state index in [9.17, 15) is 4.79 Å². The average Bonchev–Trinajstić information content (AvgIpc) is 2.94. The topological polar surface area (TPSA) is 44.8 Å². The summed E-state index contributed by atoms with van der Waals surface area (Å²) in [5.41, 5.74) is 0. The minimum atomic E-state index is 0.00642. The van der Waals surface area contributed by atoms with Crippen LogP contribution in [0.25, 0.3) is 0 Å². The summed E-state index contributed by atoms with van der Waals surface area (Å²) in [5.74, 6) is 0.296. The molecule has 5 nitrogen and oxygen atoms in total. The minimum absolute atomic E-state index is 0.00642. The maximum atomic E-state index is 12.7. The van der Waals surface area contributed by atoms with E-state index in [2.05, 4.69) is 22.2 Å². The van der Waals surface area contributed by atoms with Crippen molar-refractivity contribution in [2.45, 2.75) is 37.4 Å². The Morgan fingerprint density at radius 3 is 2.79 bits per heavy atom. The number of ether oxygens (including phenoxy) is 1. The maximum Gasteiger partial charge on any atom is 0.229 e. The fraction of sp³-hybridized carbons (Fsp3) is 0.929. The number of hydrogen-bond donors (Lipinski definition) is 1.